The zero-order valence-corrected chi connectivity index (χ0v) is 14.0. The Morgan fingerprint density at radius 3 is 2.57 bits per heavy atom. The Morgan fingerprint density at radius 1 is 1.26 bits per heavy atom. The van der Waals surface area contributed by atoms with Gasteiger partial charge in [0.25, 0.3) is 5.91 Å². The smallest absolute Gasteiger partial charge is 0.275 e. The van der Waals surface area contributed by atoms with E-state index in [-0.39, 0.29) is 11.8 Å². The third-order valence-corrected chi connectivity index (χ3v) is 4.16. The van der Waals surface area contributed by atoms with E-state index in [1.165, 1.54) is 11.3 Å². The Balaban J connectivity index is 2.13. The van der Waals surface area contributed by atoms with Crippen molar-refractivity contribution in [3.05, 3.63) is 39.8 Å². The van der Waals surface area contributed by atoms with Gasteiger partial charge in [-0.15, -0.1) is 11.3 Å². The lowest BCUT2D eigenvalue weighted by Crippen LogP contribution is -2.15. The number of nitrogens with zero attached hydrogens (tertiary/aromatic N) is 1. The largest absolute Gasteiger partial charge is 0.326 e. The first-order valence-corrected chi connectivity index (χ1v) is 8.28. The van der Waals surface area contributed by atoms with Gasteiger partial charge in [-0.05, 0) is 31.0 Å². The number of nitrogens with one attached hydrogen (secondary N) is 2. The minimum Gasteiger partial charge on any atom is -0.326 e. The summed E-state index contributed by atoms with van der Waals surface area (Å²) in [5.74, 6) is -0.327. The summed E-state index contributed by atoms with van der Waals surface area (Å²) >= 11 is 1.36. The van der Waals surface area contributed by atoms with Crippen molar-refractivity contribution in [2.75, 3.05) is 10.6 Å². The third kappa shape index (κ3) is 4.37. The standard InChI is InChI=1S/C16H20N4O2S/c1-3-5-14(21)18-11-6-4-7-12(10(11)2)20-16(22)13-9-23-15(8-17)19-13/h4,6-7,9H,3,5,8,17H2,1-2H3,(H,18,21)(H,20,22). The van der Waals surface area contributed by atoms with Crippen LogP contribution in [0.25, 0.3) is 0 Å². The van der Waals surface area contributed by atoms with Crippen molar-refractivity contribution in [3.63, 3.8) is 0 Å². The highest BCUT2D eigenvalue weighted by molar-refractivity contribution is 7.09. The molecule has 0 radical (unpaired) electrons. The summed E-state index contributed by atoms with van der Waals surface area (Å²) in [5.41, 5.74) is 8.00. The maximum atomic E-state index is 12.2. The lowest BCUT2D eigenvalue weighted by molar-refractivity contribution is -0.116. The number of thiazole rings is 1. The van der Waals surface area contributed by atoms with Crippen LogP contribution < -0.4 is 16.4 Å². The lowest BCUT2D eigenvalue weighted by Gasteiger charge is -2.13. The molecule has 4 N–H and O–H groups in total. The Kier molecular flexibility index (Phi) is 5.84. The average molecular weight is 332 g/mol. The molecule has 0 bridgehead atoms. The van der Waals surface area contributed by atoms with Gasteiger partial charge in [-0.3, -0.25) is 9.59 Å². The molecule has 0 saturated carbocycles. The fourth-order valence-corrected chi connectivity index (χ4v) is 2.70. The summed E-state index contributed by atoms with van der Waals surface area (Å²) in [4.78, 5) is 28.1. The van der Waals surface area contributed by atoms with Gasteiger partial charge in [-0.2, -0.15) is 0 Å². The maximum Gasteiger partial charge on any atom is 0.275 e. The predicted octanol–water partition coefficient (Wildman–Crippen LogP) is 2.90. The molecule has 122 valence electrons. The van der Waals surface area contributed by atoms with Crippen LogP contribution in [0.3, 0.4) is 0 Å². The minimum atomic E-state index is -0.291. The van der Waals surface area contributed by atoms with Crippen molar-refractivity contribution >= 4 is 34.5 Å². The molecule has 0 atom stereocenters. The first-order valence-electron chi connectivity index (χ1n) is 7.40. The molecule has 0 aliphatic carbocycles. The van der Waals surface area contributed by atoms with Gasteiger partial charge in [-0.1, -0.05) is 13.0 Å². The van der Waals surface area contributed by atoms with Crippen LogP contribution in [0, 0.1) is 6.92 Å². The van der Waals surface area contributed by atoms with Crippen molar-refractivity contribution in [3.8, 4) is 0 Å². The fourth-order valence-electron chi connectivity index (χ4n) is 2.04. The fraction of sp³-hybridized carbons (Fsp3) is 0.312. The number of amides is 2. The van der Waals surface area contributed by atoms with Gasteiger partial charge in [0.15, 0.2) is 0 Å². The number of hydrogen-bond donors (Lipinski definition) is 3. The number of benzene rings is 1. The van der Waals surface area contributed by atoms with Crippen LogP contribution in [0.1, 0.15) is 40.8 Å². The molecular weight excluding hydrogens is 312 g/mol. The highest BCUT2D eigenvalue weighted by atomic mass is 32.1. The van der Waals surface area contributed by atoms with Gasteiger partial charge in [0.2, 0.25) is 5.91 Å². The summed E-state index contributed by atoms with van der Waals surface area (Å²) in [6.45, 7) is 4.12. The number of rotatable bonds is 6. The Labute approximate surface area is 139 Å². The SMILES string of the molecule is CCCC(=O)Nc1cccc(NC(=O)c2csc(CN)n2)c1C. The topological polar surface area (TPSA) is 97.1 Å². The molecule has 0 fully saturated rings. The molecule has 2 amide bonds. The van der Waals surface area contributed by atoms with E-state index in [1.54, 1.807) is 17.5 Å². The van der Waals surface area contributed by atoms with Crippen molar-refractivity contribution in [2.24, 2.45) is 5.73 Å². The van der Waals surface area contributed by atoms with E-state index < -0.39 is 0 Å². The first-order chi connectivity index (χ1) is 11.0. The highest BCUT2D eigenvalue weighted by Crippen LogP contribution is 2.24. The molecule has 7 heteroatoms. The van der Waals surface area contributed by atoms with Crippen molar-refractivity contribution in [1.82, 2.24) is 4.98 Å². The Morgan fingerprint density at radius 2 is 1.96 bits per heavy atom. The van der Waals surface area contributed by atoms with Crippen LogP contribution in [-0.4, -0.2) is 16.8 Å². The van der Waals surface area contributed by atoms with E-state index in [0.717, 1.165) is 12.0 Å². The number of carbonyl (C=O) groups is 2. The summed E-state index contributed by atoms with van der Waals surface area (Å²) in [6, 6.07) is 5.39. The van der Waals surface area contributed by atoms with E-state index in [2.05, 4.69) is 15.6 Å². The van der Waals surface area contributed by atoms with E-state index in [9.17, 15) is 9.59 Å². The molecule has 23 heavy (non-hydrogen) atoms. The Hall–Kier alpha value is -2.25. The van der Waals surface area contributed by atoms with Crippen LogP contribution in [0.15, 0.2) is 23.6 Å². The molecule has 2 rings (SSSR count). The molecule has 1 aromatic carbocycles. The van der Waals surface area contributed by atoms with Gasteiger partial charge in [0, 0.05) is 29.7 Å². The summed E-state index contributed by atoms with van der Waals surface area (Å²) in [6.07, 6.45) is 1.26. The molecule has 0 aliphatic heterocycles. The van der Waals surface area contributed by atoms with Crippen LogP contribution in [0.4, 0.5) is 11.4 Å². The average Bonchev–Trinajstić information content (AvgIpc) is 3.00. The van der Waals surface area contributed by atoms with Gasteiger partial charge in [0.1, 0.15) is 10.7 Å². The second-order valence-corrected chi connectivity index (χ2v) is 6.00. The number of aromatic nitrogens is 1. The van der Waals surface area contributed by atoms with Crippen LogP contribution in [-0.2, 0) is 11.3 Å². The van der Waals surface area contributed by atoms with Gasteiger partial charge in [-0.25, -0.2) is 4.98 Å². The summed E-state index contributed by atoms with van der Waals surface area (Å²) in [5, 5.41) is 8.08. The van der Waals surface area contributed by atoms with Crippen LogP contribution >= 0.6 is 11.3 Å². The molecule has 0 unspecified atom stereocenters. The third-order valence-electron chi connectivity index (χ3n) is 3.29. The molecule has 6 nitrogen and oxygen atoms in total. The molecule has 2 aromatic rings. The first kappa shape index (κ1) is 17.1. The zero-order valence-electron chi connectivity index (χ0n) is 13.2. The van der Waals surface area contributed by atoms with Crippen LogP contribution in [0.2, 0.25) is 0 Å². The number of carbonyl (C=O) groups excluding carboxylic acids is 2. The monoisotopic (exact) mass is 332 g/mol. The van der Waals surface area contributed by atoms with Crippen molar-refractivity contribution in [1.29, 1.82) is 0 Å². The van der Waals surface area contributed by atoms with Crippen LogP contribution in [0.5, 0.6) is 0 Å². The van der Waals surface area contributed by atoms with Crippen molar-refractivity contribution < 1.29 is 9.59 Å². The number of nitrogens with two attached hydrogens (primary N) is 1. The molecular formula is C16H20N4O2S. The van der Waals surface area contributed by atoms with E-state index in [0.29, 0.717) is 35.0 Å². The van der Waals surface area contributed by atoms with Gasteiger partial charge >= 0.3 is 0 Å². The predicted molar refractivity (Wildman–Crippen MR) is 92.7 cm³/mol. The van der Waals surface area contributed by atoms with Crippen molar-refractivity contribution in [2.45, 2.75) is 33.2 Å². The molecule has 0 spiro atoms. The zero-order chi connectivity index (χ0) is 16.8. The summed E-state index contributed by atoms with van der Waals surface area (Å²) < 4.78 is 0. The molecule has 0 saturated heterocycles. The number of anilines is 2. The van der Waals surface area contributed by atoms with Gasteiger partial charge in [0.05, 0.1) is 0 Å². The van der Waals surface area contributed by atoms with E-state index in [1.807, 2.05) is 19.9 Å². The minimum absolute atomic E-state index is 0.0360. The van der Waals surface area contributed by atoms with Gasteiger partial charge < -0.3 is 16.4 Å². The number of hydrogen-bond acceptors (Lipinski definition) is 5. The Bertz CT molecular complexity index is 712. The normalized spacial score (nSPS) is 10.4. The second kappa shape index (κ2) is 7.85. The van der Waals surface area contributed by atoms with E-state index in [4.69, 9.17) is 5.73 Å². The quantitative estimate of drug-likeness (QED) is 0.757. The maximum absolute atomic E-state index is 12.2. The summed E-state index contributed by atoms with van der Waals surface area (Å²) in [7, 11) is 0. The highest BCUT2D eigenvalue weighted by Gasteiger charge is 2.13. The van der Waals surface area contributed by atoms with E-state index >= 15 is 0 Å². The lowest BCUT2D eigenvalue weighted by atomic mass is 10.1. The molecule has 1 aromatic heterocycles. The second-order valence-electron chi connectivity index (χ2n) is 5.06. The molecule has 0 aliphatic rings. The molecule has 1 heterocycles.